The molecule has 0 aliphatic carbocycles. The normalized spacial score (nSPS) is 16.4. The number of halogens is 1. The van der Waals surface area contributed by atoms with Crippen LogP contribution >= 0.6 is 11.6 Å². The summed E-state index contributed by atoms with van der Waals surface area (Å²) in [6, 6.07) is 13.9. The monoisotopic (exact) mass is 543 g/mol. The number of piperidine rings is 1. The highest BCUT2D eigenvalue weighted by Gasteiger charge is 2.47. The minimum absolute atomic E-state index is 0.0774. The van der Waals surface area contributed by atoms with E-state index >= 15 is 0 Å². The van der Waals surface area contributed by atoms with E-state index in [2.05, 4.69) is 12.2 Å². The van der Waals surface area contributed by atoms with Crippen LogP contribution in [0.3, 0.4) is 0 Å². The van der Waals surface area contributed by atoms with Crippen molar-refractivity contribution in [1.29, 1.82) is 0 Å². The van der Waals surface area contributed by atoms with Gasteiger partial charge in [0.2, 0.25) is 11.8 Å². The Labute approximate surface area is 229 Å². The van der Waals surface area contributed by atoms with Gasteiger partial charge in [0.25, 0.3) is 0 Å². The number of nitrogens with zero attached hydrogens (tertiary/aromatic N) is 1. The zero-order valence-electron chi connectivity index (χ0n) is 21.8. The number of nitrogens with one attached hydrogen (secondary N) is 1. The lowest BCUT2D eigenvalue weighted by Gasteiger charge is -2.45. The summed E-state index contributed by atoms with van der Waals surface area (Å²) >= 11 is 6.49. The molecule has 1 heterocycles. The molecule has 2 aromatic carbocycles. The van der Waals surface area contributed by atoms with Crippen LogP contribution < -0.4 is 22.5 Å². The molecule has 1 aliphatic heterocycles. The lowest BCUT2D eigenvalue weighted by molar-refractivity contribution is -0.137. The molecule has 2 unspecified atom stereocenters. The fourth-order valence-electron chi connectivity index (χ4n) is 5.07. The molecule has 2 aromatic rings. The van der Waals surface area contributed by atoms with E-state index in [9.17, 15) is 14.4 Å². The number of anilines is 1. The van der Waals surface area contributed by atoms with E-state index in [-0.39, 0.29) is 12.5 Å². The maximum atomic E-state index is 12.9. The molecule has 0 bridgehead atoms. The van der Waals surface area contributed by atoms with Crippen LogP contribution in [-0.2, 0) is 20.7 Å². The zero-order chi connectivity index (χ0) is 27.7. The maximum Gasteiger partial charge on any atom is 0.411 e. The van der Waals surface area contributed by atoms with Crippen LogP contribution in [0.5, 0.6) is 0 Å². The van der Waals surface area contributed by atoms with E-state index in [1.54, 1.807) is 29.2 Å². The van der Waals surface area contributed by atoms with E-state index < -0.39 is 29.4 Å². The molecule has 10 heteroatoms. The molecule has 1 fully saturated rings. The average Bonchev–Trinajstić information content (AvgIpc) is 2.92. The van der Waals surface area contributed by atoms with Crippen LogP contribution in [0.1, 0.15) is 49.7 Å². The quantitative estimate of drug-likeness (QED) is 0.340. The van der Waals surface area contributed by atoms with Gasteiger partial charge in [0.1, 0.15) is 6.61 Å². The highest BCUT2D eigenvalue weighted by Crippen LogP contribution is 2.46. The van der Waals surface area contributed by atoms with Crippen molar-refractivity contribution >= 4 is 35.2 Å². The van der Waals surface area contributed by atoms with E-state index in [1.165, 1.54) is 0 Å². The molecule has 206 valence electrons. The third-order valence-electron chi connectivity index (χ3n) is 7.32. The SMILES string of the molecule is CCc1ccc(NC(=O)OCC2(C(C(N)=O)c3ccccc3Cl)CCN(C(=O)C(N)CCCN)CC2)cc1. The Morgan fingerprint density at radius 2 is 1.76 bits per heavy atom. The van der Waals surface area contributed by atoms with E-state index in [1.807, 2.05) is 24.3 Å². The summed E-state index contributed by atoms with van der Waals surface area (Å²) in [5, 5.41) is 3.14. The number of carbonyl (C=O) groups is 3. The van der Waals surface area contributed by atoms with Gasteiger partial charge < -0.3 is 26.8 Å². The summed E-state index contributed by atoms with van der Waals surface area (Å²) in [7, 11) is 0. The first-order valence-corrected chi connectivity index (χ1v) is 13.4. The zero-order valence-corrected chi connectivity index (χ0v) is 22.6. The second-order valence-electron chi connectivity index (χ2n) is 9.83. The Kier molecular flexibility index (Phi) is 10.5. The smallest absolute Gasteiger partial charge is 0.411 e. The van der Waals surface area contributed by atoms with Crippen LogP contribution in [-0.4, -0.2) is 55.1 Å². The van der Waals surface area contributed by atoms with Crippen molar-refractivity contribution in [2.45, 2.75) is 51.0 Å². The van der Waals surface area contributed by atoms with Gasteiger partial charge in [0.05, 0.1) is 12.0 Å². The summed E-state index contributed by atoms with van der Waals surface area (Å²) in [5.74, 6) is -1.55. The number of benzene rings is 2. The molecule has 2 atom stereocenters. The molecule has 1 saturated heterocycles. The topological polar surface area (TPSA) is 154 Å². The van der Waals surface area contributed by atoms with Crippen LogP contribution in [0.2, 0.25) is 5.02 Å². The molecule has 1 aliphatic rings. The highest BCUT2D eigenvalue weighted by molar-refractivity contribution is 6.31. The molecule has 0 radical (unpaired) electrons. The van der Waals surface area contributed by atoms with Crippen molar-refractivity contribution in [2.75, 3.05) is 31.6 Å². The second kappa shape index (κ2) is 13.6. The fourth-order valence-corrected chi connectivity index (χ4v) is 5.31. The van der Waals surface area contributed by atoms with E-state index in [4.69, 9.17) is 33.5 Å². The first kappa shape index (κ1) is 29.4. The van der Waals surface area contributed by atoms with Gasteiger partial charge in [-0.05, 0) is 68.0 Å². The molecule has 0 aromatic heterocycles. The van der Waals surface area contributed by atoms with Gasteiger partial charge >= 0.3 is 6.09 Å². The summed E-state index contributed by atoms with van der Waals surface area (Å²) in [6.07, 6.45) is 2.16. The predicted octanol–water partition coefficient (Wildman–Crippen LogP) is 3.40. The predicted molar refractivity (Wildman–Crippen MR) is 149 cm³/mol. The van der Waals surface area contributed by atoms with Crippen LogP contribution in [0.4, 0.5) is 10.5 Å². The van der Waals surface area contributed by atoms with Gasteiger partial charge in [-0.2, -0.15) is 0 Å². The third kappa shape index (κ3) is 7.24. The largest absolute Gasteiger partial charge is 0.449 e. The first-order chi connectivity index (χ1) is 18.2. The molecule has 38 heavy (non-hydrogen) atoms. The number of rotatable bonds is 11. The number of nitrogens with two attached hydrogens (primary N) is 3. The molecule has 3 amide bonds. The van der Waals surface area contributed by atoms with Gasteiger partial charge in [-0.1, -0.05) is 48.9 Å². The van der Waals surface area contributed by atoms with Gasteiger partial charge in [-0.3, -0.25) is 14.9 Å². The third-order valence-corrected chi connectivity index (χ3v) is 7.66. The lowest BCUT2D eigenvalue weighted by atomic mass is 9.66. The van der Waals surface area contributed by atoms with Crippen LogP contribution in [0.15, 0.2) is 48.5 Å². The standard InChI is InChI=1S/C28H38ClN5O4/c1-2-19-9-11-20(12-10-19)33-27(37)38-18-28(24(25(32)35)21-6-3-4-7-22(21)29)13-16-34(17-14-28)26(36)23(31)8-5-15-30/h3-4,6-7,9-12,23-24H,2,5,8,13-18,30-31H2,1H3,(H2,32,35)(H,33,37). The Morgan fingerprint density at radius 1 is 1.11 bits per heavy atom. The molecular formula is C28H38ClN5O4. The Morgan fingerprint density at radius 3 is 2.34 bits per heavy atom. The molecule has 0 spiro atoms. The summed E-state index contributed by atoms with van der Waals surface area (Å²) in [4.78, 5) is 40.2. The summed E-state index contributed by atoms with van der Waals surface area (Å²) in [5.41, 5.74) is 19.1. The van der Waals surface area contributed by atoms with Crippen molar-refractivity contribution in [3.05, 3.63) is 64.7 Å². The van der Waals surface area contributed by atoms with Gasteiger partial charge in [0.15, 0.2) is 0 Å². The average molecular weight is 544 g/mol. The highest BCUT2D eigenvalue weighted by atomic mass is 35.5. The molecule has 3 rings (SSSR count). The van der Waals surface area contributed by atoms with Crippen LogP contribution in [0, 0.1) is 5.41 Å². The van der Waals surface area contributed by atoms with Crippen molar-refractivity contribution in [2.24, 2.45) is 22.6 Å². The molecule has 7 N–H and O–H groups in total. The Bertz CT molecular complexity index is 1100. The second-order valence-corrected chi connectivity index (χ2v) is 10.2. The number of likely N-dealkylation sites (tertiary alicyclic amines) is 1. The first-order valence-electron chi connectivity index (χ1n) is 13.0. The summed E-state index contributed by atoms with van der Waals surface area (Å²) in [6.45, 7) is 3.12. The maximum absolute atomic E-state index is 12.9. The minimum atomic E-state index is -0.863. The van der Waals surface area contributed by atoms with Crippen molar-refractivity contribution < 1.29 is 19.1 Å². The van der Waals surface area contributed by atoms with Gasteiger partial charge in [-0.15, -0.1) is 0 Å². The number of aryl methyl sites for hydroxylation is 1. The van der Waals surface area contributed by atoms with Gasteiger partial charge in [-0.25, -0.2) is 4.79 Å². The van der Waals surface area contributed by atoms with Crippen LogP contribution in [0.25, 0.3) is 0 Å². The number of hydrogen-bond donors (Lipinski definition) is 4. The van der Waals surface area contributed by atoms with Crippen molar-refractivity contribution in [3.63, 3.8) is 0 Å². The van der Waals surface area contributed by atoms with E-state index in [0.717, 1.165) is 12.0 Å². The van der Waals surface area contributed by atoms with Gasteiger partial charge in [0, 0.05) is 29.2 Å². The van der Waals surface area contributed by atoms with E-state index in [0.29, 0.717) is 61.6 Å². The Balaban J connectivity index is 1.81. The van der Waals surface area contributed by atoms with Crippen molar-refractivity contribution in [1.82, 2.24) is 4.90 Å². The minimum Gasteiger partial charge on any atom is -0.449 e. The molecular weight excluding hydrogens is 506 g/mol. The molecule has 9 nitrogen and oxygen atoms in total. The number of amides is 3. The number of hydrogen-bond acceptors (Lipinski definition) is 6. The number of primary amides is 1. The molecule has 0 saturated carbocycles. The number of ether oxygens (including phenoxy) is 1. The lowest BCUT2D eigenvalue weighted by Crippen LogP contribution is -2.53. The summed E-state index contributed by atoms with van der Waals surface area (Å²) < 4.78 is 5.69. The van der Waals surface area contributed by atoms with Crippen molar-refractivity contribution in [3.8, 4) is 0 Å². The Hall–Kier alpha value is -3.14. The number of carbonyl (C=O) groups excluding carboxylic acids is 3. The fraction of sp³-hybridized carbons (Fsp3) is 0.464.